The second-order valence-electron chi connectivity index (χ2n) is 6.08. The van der Waals surface area contributed by atoms with Crippen LogP contribution in [0.15, 0.2) is 41.4 Å². The van der Waals surface area contributed by atoms with Gasteiger partial charge in [-0.3, -0.25) is 4.99 Å². The molecule has 0 bridgehead atoms. The molecular weight excluding hydrogens is 316 g/mol. The first-order valence-electron chi connectivity index (χ1n) is 7.94. The number of nitrogens with zero attached hydrogens (tertiary/aromatic N) is 4. The third kappa shape index (κ3) is 2.94. The Labute approximate surface area is 144 Å². The minimum Gasteiger partial charge on any atom is -0.504 e. The van der Waals surface area contributed by atoms with Crippen molar-refractivity contribution in [3.63, 3.8) is 0 Å². The second-order valence-corrected chi connectivity index (χ2v) is 6.08. The van der Waals surface area contributed by atoms with Gasteiger partial charge in [0.25, 0.3) is 0 Å². The van der Waals surface area contributed by atoms with Crippen molar-refractivity contribution in [2.75, 3.05) is 0 Å². The Morgan fingerprint density at radius 1 is 1.08 bits per heavy atom. The molecule has 0 radical (unpaired) electrons. The van der Waals surface area contributed by atoms with Crippen molar-refractivity contribution in [2.24, 2.45) is 4.99 Å². The number of aryl methyl sites for hydroxylation is 1. The van der Waals surface area contributed by atoms with Crippen molar-refractivity contribution in [1.29, 1.82) is 0 Å². The average Bonchev–Trinajstić information content (AvgIpc) is 2.94. The molecule has 2 aromatic carbocycles. The van der Waals surface area contributed by atoms with E-state index in [1.165, 1.54) is 23.3 Å². The molecule has 0 atom stereocenters. The summed E-state index contributed by atoms with van der Waals surface area (Å²) in [6.45, 7) is 2.38. The van der Waals surface area contributed by atoms with E-state index >= 15 is 0 Å². The molecule has 0 fully saturated rings. The first-order chi connectivity index (χ1) is 12.1. The lowest BCUT2D eigenvalue weighted by Gasteiger charge is -2.01. The second kappa shape index (κ2) is 5.98. The van der Waals surface area contributed by atoms with E-state index in [1.54, 1.807) is 12.3 Å². The van der Waals surface area contributed by atoms with Crippen LogP contribution in [0.1, 0.15) is 28.2 Å². The summed E-state index contributed by atoms with van der Waals surface area (Å²) in [7, 11) is 0. The minimum atomic E-state index is -0.174. The Bertz CT molecular complexity index is 999. The van der Waals surface area contributed by atoms with Crippen LogP contribution in [0.3, 0.4) is 0 Å². The van der Waals surface area contributed by atoms with Gasteiger partial charge in [0.2, 0.25) is 0 Å². The molecule has 1 aromatic heterocycles. The van der Waals surface area contributed by atoms with Crippen LogP contribution in [0, 0.1) is 6.92 Å². The molecule has 0 unspecified atom stereocenters. The van der Waals surface area contributed by atoms with Gasteiger partial charge in [-0.2, -0.15) is 0 Å². The standard InChI is InChI=1S/C19H16N4O2/c1-11-2-4-14-13(6-11)8-15-19(14)23-22-18(21-15)10-20-9-12-3-5-16(24)17(25)7-12/h2-7,9,24-25H,8,10H2,1H3. The van der Waals surface area contributed by atoms with Gasteiger partial charge in [0.05, 0.1) is 5.69 Å². The first-order valence-corrected chi connectivity index (χ1v) is 7.94. The summed E-state index contributed by atoms with van der Waals surface area (Å²) in [6, 6.07) is 10.8. The quantitative estimate of drug-likeness (QED) is 0.445. The Hall–Kier alpha value is -3.28. The number of aromatic nitrogens is 3. The summed E-state index contributed by atoms with van der Waals surface area (Å²) in [5.41, 5.74) is 6.04. The molecule has 0 saturated carbocycles. The zero-order valence-electron chi connectivity index (χ0n) is 13.6. The van der Waals surface area contributed by atoms with Gasteiger partial charge in [0.15, 0.2) is 17.3 Å². The molecule has 1 aliphatic rings. The summed E-state index contributed by atoms with van der Waals surface area (Å²) in [4.78, 5) is 8.87. The van der Waals surface area contributed by atoms with E-state index < -0.39 is 0 Å². The predicted molar refractivity (Wildman–Crippen MR) is 93.9 cm³/mol. The zero-order chi connectivity index (χ0) is 17.4. The van der Waals surface area contributed by atoms with Crippen molar-refractivity contribution < 1.29 is 10.2 Å². The van der Waals surface area contributed by atoms with E-state index in [1.807, 2.05) is 0 Å². The van der Waals surface area contributed by atoms with E-state index in [0.717, 1.165) is 23.4 Å². The summed E-state index contributed by atoms with van der Waals surface area (Å²) in [5.74, 6) is 0.230. The summed E-state index contributed by atoms with van der Waals surface area (Å²) >= 11 is 0. The van der Waals surface area contributed by atoms with Gasteiger partial charge in [-0.15, -0.1) is 10.2 Å². The smallest absolute Gasteiger partial charge is 0.172 e. The van der Waals surface area contributed by atoms with Gasteiger partial charge >= 0.3 is 0 Å². The fraction of sp³-hybridized carbons (Fsp3) is 0.158. The van der Waals surface area contributed by atoms with E-state index in [2.05, 4.69) is 45.3 Å². The minimum absolute atomic E-state index is 0.155. The van der Waals surface area contributed by atoms with Crippen molar-refractivity contribution in [1.82, 2.24) is 15.2 Å². The maximum Gasteiger partial charge on any atom is 0.172 e. The highest BCUT2D eigenvalue weighted by molar-refractivity contribution is 5.80. The molecule has 1 heterocycles. The van der Waals surface area contributed by atoms with Crippen molar-refractivity contribution in [3.05, 3.63) is 64.6 Å². The van der Waals surface area contributed by atoms with Crippen LogP contribution in [0.5, 0.6) is 11.5 Å². The van der Waals surface area contributed by atoms with Gasteiger partial charge in [0, 0.05) is 18.2 Å². The molecule has 3 aromatic rings. The third-order valence-corrected chi connectivity index (χ3v) is 4.15. The number of fused-ring (bicyclic) bond motifs is 3. The Balaban J connectivity index is 1.52. The lowest BCUT2D eigenvalue weighted by molar-refractivity contribution is 0.403. The molecule has 0 spiro atoms. The van der Waals surface area contributed by atoms with E-state index in [4.69, 9.17) is 0 Å². The van der Waals surface area contributed by atoms with Crippen molar-refractivity contribution in [2.45, 2.75) is 19.9 Å². The molecule has 6 heteroatoms. The Morgan fingerprint density at radius 2 is 1.96 bits per heavy atom. The first kappa shape index (κ1) is 15.3. The van der Waals surface area contributed by atoms with Crippen LogP contribution in [0.2, 0.25) is 0 Å². The SMILES string of the molecule is Cc1ccc2c(c1)Cc1nc(CN=Cc3ccc(O)c(O)c3)nnc1-2. The van der Waals surface area contributed by atoms with Crippen LogP contribution in [0.4, 0.5) is 0 Å². The molecule has 0 saturated heterocycles. The van der Waals surface area contributed by atoms with Crippen LogP contribution in [-0.4, -0.2) is 31.6 Å². The number of aliphatic imine (C=N–C) groups is 1. The lowest BCUT2D eigenvalue weighted by Crippen LogP contribution is -2.01. The summed E-state index contributed by atoms with van der Waals surface area (Å²) in [6.07, 6.45) is 2.37. The fourth-order valence-electron chi connectivity index (χ4n) is 2.93. The number of hydrogen-bond acceptors (Lipinski definition) is 6. The van der Waals surface area contributed by atoms with Crippen LogP contribution >= 0.6 is 0 Å². The zero-order valence-corrected chi connectivity index (χ0v) is 13.6. The Morgan fingerprint density at radius 3 is 2.80 bits per heavy atom. The van der Waals surface area contributed by atoms with Crippen molar-refractivity contribution >= 4 is 6.21 Å². The molecule has 4 rings (SSSR count). The number of phenols is 2. The number of aromatic hydroxyl groups is 2. The highest BCUT2D eigenvalue weighted by Crippen LogP contribution is 2.33. The normalized spacial score (nSPS) is 12.4. The Kier molecular flexibility index (Phi) is 3.65. The number of hydrogen-bond donors (Lipinski definition) is 2. The number of rotatable bonds is 3. The topological polar surface area (TPSA) is 91.5 Å². The van der Waals surface area contributed by atoms with Crippen LogP contribution < -0.4 is 0 Å². The van der Waals surface area contributed by atoms with E-state index in [-0.39, 0.29) is 11.5 Å². The van der Waals surface area contributed by atoms with Crippen LogP contribution in [-0.2, 0) is 13.0 Å². The molecule has 1 aliphatic carbocycles. The molecule has 25 heavy (non-hydrogen) atoms. The van der Waals surface area contributed by atoms with Gasteiger partial charge in [-0.1, -0.05) is 23.8 Å². The maximum absolute atomic E-state index is 9.48. The third-order valence-electron chi connectivity index (χ3n) is 4.15. The molecule has 2 N–H and O–H groups in total. The molecular formula is C19H16N4O2. The summed E-state index contributed by atoms with van der Waals surface area (Å²) < 4.78 is 0. The maximum atomic E-state index is 9.48. The van der Waals surface area contributed by atoms with E-state index in [0.29, 0.717) is 17.9 Å². The highest BCUT2D eigenvalue weighted by Gasteiger charge is 2.22. The van der Waals surface area contributed by atoms with Crippen molar-refractivity contribution in [3.8, 4) is 22.8 Å². The number of benzene rings is 2. The van der Waals surface area contributed by atoms with E-state index in [9.17, 15) is 10.2 Å². The molecule has 0 aliphatic heterocycles. The molecule has 0 amide bonds. The average molecular weight is 332 g/mol. The fourth-order valence-corrected chi connectivity index (χ4v) is 2.93. The van der Waals surface area contributed by atoms with Gasteiger partial charge in [-0.05, 0) is 36.2 Å². The molecule has 124 valence electrons. The largest absolute Gasteiger partial charge is 0.504 e. The highest BCUT2D eigenvalue weighted by atomic mass is 16.3. The van der Waals surface area contributed by atoms with Gasteiger partial charge in [0.1, 0.15) is 12.2 Å². The predicted octanol–water partition coefficient (Wildman–Crippen LogP) is 2.78. The summed E-state index contributed by atoms with van der Waals surface area (Å²) in [5, 5.41) is 27.3. The van der Waals surface area contributed by atoms with Gasteiger partial charge < -0.3 is 10.2 Å². The van der Waals surface area contributed by atoms with Gasteiger partial charge in [-0.25, -0.2) is 4.98 Å². The monoisotopic (exact) mass is 332 g/mol. The van der Waals surface area contributed by atoms with Crippen LogP contribution in [0.25, 0.3) is 11.3 Å². The lowest BCUT2D eigenvalue weighted by atomic mass is 10.1. The molecule has 6 nitrogen and oxygen atoms in total. The number of phenolic OH excluding ortho intramolecular Hbond substituents is 2.